The van der Waals surface area contributed by atoms with Gasteiger partial charge in [-0.25, -0.2) is 0 Å². The molecule has 1 nitrogen and oxygen atoms in total. The third-order valence-electron chi connectivity index (χ3n) is 2.07. The van der Waals surface area contributed by atoms with Crippen LogP contribution >= 0.6 is 0 Å². The molecule has 1 aromatic rings. The van der Waals surface area contributed by atoms with Crippen LogP contribution in [-0.4, -0.2) is 7.05 Å². The van der Waals surface area contributed by atoms with E-state index in [0.29, 0.717) is 5.57 Å². The minimum atomic E-state index is -0.272. The van der Waals surface area contributed by atoms with Crippen molar-refractivity contribution in [3.05, 3.63) is 54.5 Å². The number of halogens is 1. The molecule has 0 radical (unpaired) electrons. The third kappa shape index (κ3) is 2.22. The van der Waals surface area contributed by atoms with E-state index in [1.165, 1.54) is 11.0 Å². The number of hydrogen-bond acceptors (Lipinski definition) is 1. The highest BCUT2D eigenvalue weighted by atomic mass is 19.1. The average Bonchev–Trinajstić information content (AvgIpc) is 2.27. The zero-order valence-electron chi connectivity index (χ0n) is 8.50. The zero-order chi connectivity index (χ0) is 10.6. The summed E-state index contributed by atoms with van der Waals surface area (Å²) >= 11 is 0. The molecular weight excluding hydrogens is 177 g/mol. The van der Waals surface area contributed by atoms with E-state index in [4.69, 9.17) is 0 Å². The zero-order valence-corrected chi connectivity index (χ0v) is 8.50. The molecule has 0 spiro atoms. The normalized spacial score (nSPS) is 11.9. The highest BCUT2D eigenvalue weighted by Crippen LogP contribution is 2.19. The predicted octanol–water partition coefficient (Wildman–Crippen LogP) is 3.51. The van der Waals surface area contributed by atoms with Gasteiger partial charge in [0.05, 0.1) is 0 Å². The van der Waals surface area contributed by atoms with Gasteiger partial charge >= 0.3 is 0 Å². The van der Waals surface area contributed by atoms with Crippen molar-refractivity contribution < 1.29 is 4.39 Å². The number of rotatable bonds is 3. The van der Waals surface area contributed by atoms with E-state index in [1.54, 1.807) is 14.0 Å². The smallest absolute Gasteiger partial charge is 0.196 e. The van der Waals surface area contributed by atoms with Crippen LogP contribution < -0.4 is 4.90 Å². The molecule has 0 saturated carbocycles. The quantitative estimate of drug-likeness (QED) is 0.522. The topological polar surface area (TPSA) is 3.24 Å². The lowest BCUT2D eigenvalue weighted by Gasteiger charge is -2.17. The van der Waals surface area contributed by atoms with Crippen molar-refractivity contribution in [2.24, 2.45) is 0 Å². The highest BCUT2D eigenvalue weighted by Gasteiger charge is 2.07. The fraction of sp³-hybridized carbons (Fsp3) is 0.167. The summed E-state index contributed by atoms with van der Waals surface area (Å²) in [7, 11) is 1.69. The molecule has 14 heavy (non-hydrogen) atoms. The molecule has 0 bridgehead atoms. The van der Waals surface area contributed by atoms with Crippen LogP contribution in [0.1, 0.15) is 6.92 Å². The second-order valence-corrected chi connectivity index (χ2v) is 3.07. The van der Waals surface area contributed by atoms with Gasteiger partial charge in [-0.05, 0) is 19.1 Å². The average molecular weight is 191 g/mol. The summed E-state index contributed by atoms with van der Waals surface area (Å²) in [6.07, 6.45) is 1.51. The number of anilines is 1. The lowest BCUT2D eigenvalue weighted by molar-refractivity contribution is 0.599. The van der Waals surface area contributed by atoms with E-state index < -0.39 is 0 Å². The maximum atomic E-state index is 13.6. The van der Waals surface area contributed by atoms with E-state index >= 15 is 0 Å². The Morgan fingerprint density at radius 1 is 1.36 bits per heavy atom. The lowest BCUT2D eigenvalue weighted by atomic mass is 10.2. The van der Waals surface area contributed by atoms with Crippen molar-refractivity contribution in [1.29, 1.82) is 0 Å². The van der Waals surface area contributed by atoms with Gasteiger partial charge in [-0.1, -0.05) is 30.9 Å². The second-order valence-electron chi connectivity index (χ2n) is 3.07. The molecule has 0 amide bonds. The van der Waals surface area contributed by atoms with Gasteiger partial charge in [0.15, 0.2) is 5.95 Å². The first-order chi connectivity index (χ1) is 6.66. The van der Waals surface area contributed by atoms with E-state index in [2.05, 4.69) is 6.58 Å². The summed E-state index contributed by atoms with van der Waals surface area (Å²) in [5.41, 5.74) is 1.36. The molecule has 74 valence electrons. The Labute approximate surface area is 84.2 Å². The standard InChI is InChI=1S/C12H14FN/c1-4-10(2)12(13)14(3)11-8-6-5-7-9-11/h4-9H,1H2,2-3H3/b12-10-. The molecule has 0 unspecified atom stereocenters. The van der Waals surface area contributed by atoms with Crippen molar-refractivity contribution in [1.82, 2.24) is 0 Å². The van der Waals surface area contributed by atoms with Gasteiger partial charge < -0.3 is 4.90 Å². The maximum absolute atomic E-state index is 13.6. The van der Waals surface area contributed by atoms with E-state index in [-0.39, 0.29) is 5.95 Å². The highest BCUT2D eigenvalue weighted by molar-refractivity contribution is 5.50. The minimum Gasteiger partial charge on any atom is -0.321 e. The number of hydrogen-bond donors (Lipinski definition) is 0. The van der Waals surface area contributed by atoms with Gasteiger partial charge in [-0.15, -0.1) is 0 Å². The van der Waals surface area contributed by atoms with Crippen LogP contribution in [0.2, 0.25) is 0 Å². The fourth-order valence-corrected chi connectivity index (χ4v) is 1.11. The number of nitrogens with zero attached hydrogens (tertiary/aromatic N) is 1. The largest absolute Gasteiger partial charge is 0.321 e. The molecule has 0 N–H and O–H groups in total. The molecule has 0 aliphatic heterocycles. The van der Waals surface area contributed by atoms with Crippen LogP contribution in [0.3, 0.4) is 0 Å². The summed E-state index contributed by atoms with van der Waals surface area (Å²) in [6, 6.07) is 9.37. The van der Waals surface area contributed by atoms with Crippen LogP contribution in [-0.2, 0) is 0 Å². The van der Waals surface area contributed by atoms with Gasteiger partial charge in [-0.2, -0.15) is 4.39 Å². The maximum Gasteiger partial charge on any atom is 0.196 e. The summed E-state index contributed by atoms with van der Waals surface area (Å²) in [5.74, 6) is -0.272. The fourth-order valence-electron chi connectivity index (χ4n) is 1.11. The molecule has 0 aliphatic rings. The second kappa shape index (κ2) is 4.61. The molecule has 0 aliphatic carbocycles. The first-order valence-electron chi connectivity index (χ1n) is 4.44. The summed E-state index contributed by atoms with van der Waals surface area (Å²) in [4.78, 5) is 1.50. The Hall–Kier alpha value is -1.57. The van der Waals surface area contributed by atoms with Crippen molar-refractivity contribution in [3.63, 3.8) is 0 Å². The Morgan fingerprint density at radius 2 is 1.93 bits per heavy atom. The number of allylic oxidation sites excluding steroid dienone is 2. The summed E-state index contributed by atoms with van der Waals surface area (Å²) < 4.78 is 13.6. The lowest BCUT2D eigenvalue weighted by Crippen LogP contribution is -2.14. The van der Waals surface area contributed by atoms with Crippen LogP contribution in [0, 0.1) is 0 Å². The molecule has 0 aromatic heterocycles. The van der Waals surface area contributed by atoms with Crippen molar-refractivity contribution in [3.8, 4) is 0 Å². The number of para-hydroxylation sites is 1. The van der Waals surface area contributed by atoms with Crippen molar-refractivity contribution >= 4 is 5.69 Å². The molecule has 0 saturated heterocycles. The first kappa shape index (κ1) is 10.5. The first-order valence-corrected chi connectivity index (χ1v) is 4.44. The van der Waals surface area contributed by atoms with Crippen molar-refractivity contribution in [2.45, 2.75) is 6.92 Å². The SMILES string of the molecule is C=C/C(C)=C(/F)N(C)c1ccccc1. The molecule has 1 aromatic carbocycles. The van der Waals surface area contributed by atoms with Gasteiger partial charge in [0, 0.05) is 18.3 Å². The monoisotopic (exact) mass is 191 g/mol. The Balaban J connectivity index is 2.97. The van der Waals surface area contributed by atoms with Crippen LogP contribution in [0.15, 0.2) is 54.5 Å². The predicted molar refractivity (Wildman–Crippen MR) is 58.9 cm³/mol. The van der Waals surface area contributed by atoms with Gasteiger partial charge in [0.1, 0.15) is 0 Å². The van der Waals surface area contributed by atoms with Crippen LogP contribution in [0.5, 0.6) is 0 Å². The third-order valence-corrected chi connectivity index (χ3v) is 2.07. The van der Waals surface area contributed by atoms with Gasteiger partial charge in [0.2, 0.25) is 0 Å². The Kier molecular flexibility index (Phi) is 3.46. The molecule has 0 atom stereocenters. The van der Waals surface area contributed by atoms with E-state index in [1.807, 2.05) is 30.3 Å². The molecular formula is C12H14FN. The minimum absolute atomic E-state index is 0.272. The summed E-state index contributed by atoms with van der Waals surface area (Å²) in [6.45, 7) is 5.23. The Bertz CT molecular complexity index is 341. The summed E-state index contributed by atoms with van der Waals surface area (Å²) in [5, 5.41) is 0. The van der Waals surface area contributed by atoms with Gasteiger partial charge in [-0.3, -0.25) is 0 Å². The van der Waals surface area contributed by atoms with Gasteiger partial charge in [0.25, 0.3) is 0 Å². The molecule has 2 heteroatoms. The van der Waals surface area contributed by atoms with E-state index in [0.717, 1.165) is 5.69 Å². The van der Waals surface area contributed by atoms with Crippen LogP contribution in [0.4, 0.5) is 10.1 Å². The molecule has 0 fully saturated rings. The van der Waals surface area contributed by atoms with Crippen molar-refractivity contribution in [2.75, 3.05) is 11.9 Å². The number of benzene rings is 1. The molecule has 0 heterocycles. The Morgan fingerprint density at radius 3 is 2.43 bits per heavy atom. The van der Waals surface area contributed by atoms with E-state index in [9.17, 15) is 4.39 Å². The molecule has 1 rings (SSSR count). The van der Waals surface area contributed by atoms with Crippen LogP contribution in [0.25, 0.3) is 0 Å².